The summed E-state index contributed by atoms with van der Waals surface area (Å²) in [5.41, 5.74) is 7.78. The number of nitrogens with one attached hydrogen (secondary N) is 2. The average Bonchev–Trinajstić information content (AvgIpc) is 2.42. The Morgan fingerprint density at radius 1 is 1.31 bits per heavy atom. The van der Waals surface area contributed by atoms with Gasteiger partial charge in [0.2, 0.25) is 0 Å². The molecule has 0 bridgehead atoms. The molecule has 1 unspecified atom stereocenters. The van der Waals surface area contributed by atoms with E-state index in [-0.39, 0.29) is 11.1 Å². The van der Waals surface area contributed by atoms with Crippen molar-refractivity contribution in [2.75, 3.05) is 0 Å². The third-order valence-corrected chi connectivity index (χ3v) is 2.18. The fourth-order valence-corrected chi connectivity index (χ4v) is 1.39. The molecule has 0 fully saturated rings. The number of thiol groups is 1. The number of nitrogens with two attached hydrogens (primary N) is 1. The van der Waals surface area contributed by atoms with Crippen LogP contribution in [0.4, 0.5) is 0 Å². The molecule has 2 rings (SSSR count). The number of H-pyrrole nitrogens is 2. The van der Waals surface area contributed by atoms with E-state index in [0.29, 0.717) is 0 Å². The number of aromatic nitrogens is 2. The molecule has 4 nitrogen and oxygen atoms in total. The first-order valence-electron chi connectivity index (χ1n) is 3.82. The SMILES string of the molecule is NC(S)c1ccc2[nH]c(=O)[nH]c2c1. The van der Waals surface area contributed by atoms with E-state index in [1.54, 1.807) is 6.07 Å². The lowest BCUT2D eigenvalue weighted by molar-refractivity contribution is 1.05. The van der Waals surface area contributed by atoms with E-state index >= 15 is 0 Å². The van der Waals surface area contributed by atoms with E-state index < -0.39 is 0 Å². The summed E-state index contributed by atoms with van der Waals surface area (Å²) in [5, 5.41) is -0.317. The standard InChI is InChI=1S/C8H9N3OS/c9-7(13)4-1-2-5-6(3-4)11-8(12)10-5/h1-3,7,13H,9H2,(H2,10,11,12). The number of fused-ring (bicyclic) bond motifs is 1. The van der Waals surface area contributed by atoms with Gasteiger partial charge in [0, 0.05) is 0 Å². The summed E-state index contributed by atoms with van der Waals surface area (Å²) < 4.78 is 0. The summed E-state index contributed by atoms with van der Waals surface area (Å²) in [4.78, 5) is 16.2. The molecule has 0 aliphatic carbocycles. The number of benzene rings is 1. The van der Waals surface area contributed by atoms with Crippen molar-refractivity contribution in [2.45, 2.75) is 5.37 Å². The smallest absolute Gasteiger partial charge is 0.316 e. The third-order valence-electron chi connectivity index (χ3n) is 1.88. The molecule has 1 aromatic carbocycles. The predicted octanol–water partition coefficient (Wildman–Crippen LogP) is 0.743. The van der Waals surface area contributed by atoms with Crippen LogP contribution >= 0.6 is 12.6 Å². The van der Waals surface area contributed by atoms with Gasteiger partial charge < -0.3 is 15.7 Å². The molecule has 2 aromatic rings. The molecule has 1 atom stereocenters. The van der Waals surface area contributed by atoms with Crippen molar-refractivity contribution in [3.63, 3.8) is 0 Å². The molecule has 0 saturated heterocycles. The van der Waals surface area contributed by atoms with Crippen LogP contribution in [0.5, 0.6) is 0 Å². The van der Waals surface area contributed by atoms with Gasteiger partial charge in [-0.1, -0.05) is 6.07 Å². The van der Waals surface area contributed by atoms with Crippen LogP contribution in [0.3, 0.4) is 0 Å². The zero-order valence-electron chi connectivity index (χ0n) is 6.74. The first kappa shape index (κ1) is 8.40. The van der Waals surface area contributed by atoms with Crippen molar-refractivity contribution in [2.24, 2.45) is 5.73 Å². The molecule has 0 spiro atoms. The zero-order chi connectivity index (χ0) is 9.42. The van der Waals surface area contributed by atoms with Crippen LogP contribution in [0.1, 0.15) is 10.9 Å². The third kappa shape index (κ3) is 1.48. The van der Waals surface area contributed by atoms with E-state index in [2.05, 4.69) is 22.6 Å². The summed E-state index contributed by atoms with van der Waals surface area (Å²) in [5.74, 6) is 0. The summed E-state index contributed by atoms with van der Waals surface area (Å²) in [6, 6.07) is 5.45. The Labute approximate surface area is 79.6 Å². The molecule has 0 saturated carbocycles. The van der Waals surface area contributed by atoms with Gasteiger partial charge in [0.05, 0.1) is 16.4 Å². The van der Waals surface area contributed by atoms with Gasteiger partial charge in [0.15, 0.2) is 0 Å². The van der Waals surface area contributed by atoms with Crippen LogP contribution in [-0.2, 0) is 0 Å². The van der Waals surface area contributed by atoms with Crippen molar-refractivity contribution in [1.82, 2.24) is 9.97 Å². The second-order valence-electron chi connectivity index (χ2n) is 2.83. The van der Waals surface area contributed by atoms with Gasteiger partial charge in [-0.25, -0.2) is 4.79 Å². The van der Waals surface area contributed by atoms with Crippen molar-refractivity contribution >= 4 is 23.7 Å². The molecule has 1 aromatic heterocycles. The van der Waals surface area contributed by atoms with E-state index in [4.69, 9.17) is 5.73 Å². The maximum Gasteiger partial charge on any atom is 0.323 e. The van der Waals surface area contributed by atoms with E-state index in [1.165, 1.54) is 0 Å². The Hall–Kier alpha value is -1.20. The lowest BCUT2D eigenvalue weighted by Crippen LogP contribution is -2.01. The van der Waals surface area contributed by atoms with Crippen LogP contribution in [-0.4, -0.2) is 9.97 Å². The highest BCUT2D eigenvalue weighted by atomic mass is 32.1. The normalized spacial score (nSPS) is 13.4. The highest BCUT2D eigenvalue weighted by Crippen LogP contribution is 2.17. The van der Waals surface area contributed by atoms with E-state index in [0.717, 1.165) is 16.6 Å². The molecule has 13 heavy (non-hydrogen) atoms. The van der Waals surface area contributed by atoms with Crippen LogP contribution in [0.2, 0.25) is 0 Å². The van der Waals surface area contributed by atoms with Crippen molar-refractivity contribution in [3.8, 4) is 0 Å². The van der Waals surface area contributed by atoms with Crippen LogP contribution in [0.15, 0.2) is 23.0 Å². The largest absolute Gasteiger partial charge is 0.323 e. The average molecular weight is 195 g/mol. The fraction of sp³-hybridized carbons (Fsp3) is 0.125. The van der Waals surface area contributed by atoms with Crippen molar-refractivity contribution in [3.05, 3.63) is 34.2 Å². The monoisotopic (exact) mass is 195 g/mol. The van der Waals surface area contributed by atoms with Gasteiger partial charge in [-0.2, -0.15) is 12.6 Å². The summed E-state index contributed by atoms with van der Waals surface area (Å²) >= 11 is 4.10. The predicted molar refractivity (Wildman–Crippen MR) is 54.8 cm³/mol. The molecule has 1 heterocycles. The van der Waals surface area contributed by atoms with Gasteiger partial charge in [0.1, 0.15) is 0 Å². The van der Waals surface area contributed by atoms with Crippen LogP contribution < -0.4 is 11.4 Å². The number of hydrogen-bond donors (Lipinski definition) is 4. The Kier molecular flexibility index (Phi) is 1.90. The number of rotatable bonds is 1. The molecule has 4 N–H and O–H groups in total. The molecule has 0 amide bonds. The Morgan fingerprint density at radius 2 is 2.00 bits per heavy atom. The number of hydrogen-bond acceptors (Lipinski definition) is 3. The van der Waals surface area contributed by atoms with Gasteiger partial charge in [-0.15, -0.1) is 0 Å². The van der Waals surface area contributed by atoms with E-state index in [9.17, 15) is 4.79 Å². The first-order valence-corrected chi connectivity index (χ1v) is 4.34. The van der Waals surface area contributed by atoms with Gasteiger partial charge in [0.25, 0.3) is 0 Å². The highest BCUT2D eigenvalue weighted by molar-refractivity contribution is 7.80. The minimum atomic E-state index is -0.317. The van der Waals surface area contributed by atoms with Crippen LogP contribution in [0, 0.1) is 0 Å². The maximum absolute atomic E-state index is 10.9. The van der Waals surface area contributed by atoms with Crippen LogP contribution in [0.25, 0.3) is 11.0 Å². The van der Waals surface area contributed by atoms with Gasteiger partial charge in [-0.3, -0.25) is 0 Å². The number of aromatic amines is 2. The minimum absolute atomic E-state index is 0.208. The summed E-state index contributed by atoms with van der Waals surface area (Å²) in [6.45, 7) is 0. The molecule has 5 heteroatoms. The zero-order valence-corrected chi connectivity index (χ0v) is 7.64. The summed E-state index contributed by atoms with van der Waals surface area (Å²) in [7, 11) is 0. The molecule has 0 radical (unpaired) electrons. The quantitative estimate of drug-likeness (QED) is 0.400. The topological polar surface area (TPSA) is 74.7 Å². The second-order valence-corrected chi connectivity index (χ2v) is 3.39. The summed E-state index contributed by atoms with van der Waals surface area (Å²) in [6.07, 6.45) is 0. The Morgan fingerprint density at radius 3 is 2.69 bits per heavy atom. The second kappa shape index (κ2) is 2.93. The van der Waals surface area contributed by atoms with Crippen molar-refractivity contribution < 1.29 is 0 Å². The lowest BCUT2D eigenvalue weighted by atomic mass is 10.2. The van der Waals surface area contributed by atoms with Crippen molar-refractivity contribution in [1.29, 1.82) is 0 Å². The molecule has 0 aliphatic rings. The van der Waals surface area contributed by atoms with E-state index in [1.807, 2.05) is 12.1 Å². The Balaban J connectivity index is 2.68. The number of imidazole rings is 1. The molecule has 0 aliphatic heterocycles. The fourth-order valence-electron chi connectivity index (χ4n) is 1.23. The lowest BCUT2D eigenvalue weighted by Gasteiger charge is -2.03. The Bertz CT molecular complexity index is 485. The van der Waals surface area contributed by atoms with Gasteiger partial charge >= 0.3 is 5.69 Å². The highest BCUT2D eigenvalue weighted by Gasteiger charge is 2.02. The van der Waals surface area contributed by atoms with Gasteiger partial charge in [-0.05, 0) is 17.7 Å². The molecular formula is C8H9N3OS. The minimum Gasteiger partial charge on any atom is -0.316 e. The first-order chi connectivity index (χ1) is 6.16. The molecular weight excluding hydrogens is 186 g/mol. The maximum atomic E-state index is 10.9. The molecule has 68 valence electrons.